The molecule has 0 aliphatic heterocycles. The lowest BCUT2D eigenvalue weighted by Crippen LogP contribution is -2.25. The predicted octanol–water partition coefficient (Wildman–Crippen LogP) is 2.26. The first-order chi connectivity index (χ1) is 12.4. The summed E-state index contributed by atoms with van der Waals surface area (Å²) in [6.07, 6.45) is 0.299. The summed E-state index contributed by atoms with van der Waals surface area (Å²) in [6.45, 7) is -0.0128. The normalized spacial score (nSPS) is 11.2. The molecule has 2 aromatic rings. The molecular weight excluding hydrogens is 380 g/mol. The summed E-state index contributed by atoms with van der Waals surface area (Å²) in [7, 11) is -2.36. The van der Waals surface area contributed by atoms with Crippen molar-refractivity contribution in [3.63, 3.8) is 0 Å². The maximum Gasteiger partial charge on any atom is 0.255 e. The van der Waals surface area contributed by atoms with Gasteiger partial charge in [-0.25, -0.2) is 13.1 Å². The van der Waals surface area contributed by atoms with Crippen LogP contribution in [-0.4, -0.2) is 39.7 Å². The Bertz CT molecular complexity index is 886. The minimum absolute atomic E-state index is 0.0300. The van der Waals surface area contributed by atoms with E-state index >= 15 is 0 Å². The first-order valence-corrected chi connectivity index (χ1v) is 9.59. The van der Waals surface area contributed by atoms with Crippen molar-refractivity contribution in [2.75, 3.05) is 25.6 Å². The van der Waals surface area contributed by atoms with E-state index in [0.717, 1.165) is 0 Å². The summed E-state index contributed by atoms with van der Waals surface area (Å²) in [4.78, 5) is 12.4. The van der Waals surface area contributed by atoms with Crippen molar-refractivity contribution in [1.29, 1.82) is 0 Å². The lowest BCUT2D eigenvalue weighted by atomic mass is 10.2. The molecule has 0 radical (unpaired) electrons. The molecule has 0 spiro atoms. The van der Waals surface area contributed by atoms with E-state index in [1.165, 1.54) is 31.4 Å². The molecule has 0 aliphatic rings. The van der Waals surface area contributed by atoms with E-state index in [1.54, 1.807) is 18.2 Å². The Labute approximate surface area is 157 Å². The van der Waals surface area contributed by atoms with Crippen LogP contribution in [0.3, 0.4) is 0 Å². The first-order valence-electron chi connectivity index (χ1n) is 7.73. The van der Waals surface area contributed by atoms with Crippen LogP contribution in [0.1, 0.15) is 16.8 Å². The molecule has 1 amide bonds. The summed E-state index contributed by atoms with van der Waals surface area (Å²) in [5.74, 6) is -0.136. The largest absolute Gasteiger partial charge is 0.495 e. The molecule has 0 heterocycles. The molecule has 0 bridgehead atoms. The molecule has 140 valence electrons. The van der Waals surface area contributed by atoms with Crippen LogP contribution in [0.15, 0.2) is 47.4 Å². The number of hydrogen-bond acceptors (Lipinski definition) is 5. The van der Waals surface area contributed by atoms with E-state index < -0.39 is 15.9 Å². The monoisotopic (exact) mass is 398 g/mol. The second kappa shape index (κ2) is 9.00. The lowest BCUT2D eigenvalue weighted by Gasteiger charge is -2.13. The highest BCUT2D eigenvalue weighted by Gasteiger charge is 2.17. The summed E-state index contributed by atoms with van der Waals surface area (Å²) < 4.78 is 32.1. The number of aliphatic hydroxyl groups excluding tert-OH is 1. The number of anilines is 1. The fourth-order valence-electron chi connectivity index (χ4n) is 2.15. The number of benzene rings is 2. The number of sulfonamides is 1. The third kappa shape index (κ3) is 5.18. The Kier molecular flexibility index (Phi) is 6.98. The van der Waals surface area contributed by atoms with Gasteiger partial charge < -0.3 is 15.2 Å². The molecule has 7 nitrogen and oxygen atoms in total. The fourth-order valence-corrected chi connectivity index (χ4v) is 3.44. The second-order valence-electron chi connectivity index (χ2n) is 5.30. The van der Waals surface area contributed by atoms with Gasteiger partial charge in [0.2, 0.25) is 10.0 Å². The Hall–Kier alpha value is -2.13. The number of hydrogen-bond donors (Lipinski definition) is 3. The minimum Gasteiger partial charge on any atom is -0.495 e. The van der Waals surface area contributed by atoms with Crippen molar-refractivity contribution in [1.82, 2.24) is 4.72 Å². The van der Waals surface area contributed by atoms with Gasteiger partial charge in [0.05, 0.1) is 17.7 Å². The van der Waals surface area contributed by atoms with Gasteiger partial charge in [-0.1, -0.05) is 17.7 Å². The summed E-state index contributed by atoms with van der Waals surface area (Å²) in [5.41, 5.74) is 0.538. The molecule has 0 aliphatic carbocycles. The van der Waals surface area contributed by atoms with E-state index in [-0.39, 0.29) is 23.7 Å². The van der Waals surface area contributed by atoms with Crippen LogP contribution < -0.4 is 14.8 Å². The van der Waals surface area contributed by atoms with E-state index in [4.69, 9.17) is 21.4 Å². The van der Waals surface area contributed by atoms with E-state index in [0.29, 0.717) is 22.8 Å². The van der Waals surface area contributed by atoms with Crippen molar-refractivity contribution in [3.8, 4) is 5.75 Å². The molecule has 3 N–H and O–H groups in total. The molecule has 2 rings (SSSR count). The van der Waals surface area contributed by atoms with Crippen molar-refractivity contribution < 1.29 is 23.1 Å². The molecule has 0 saturated carbocycles. The lowest BCUT2D eigenvalue weighted by molar-refractivity contribution is 0.102. The van der Waals surface area contributed by atoms with E-state index in [9.17, 15) is 13.2 Å². The van der Waals surface area contributed by atoms with Gasteiger partial charge in [-0.2, -0.15) is 0 Å². The Balaban J connectivity index is 2.28. The summed E-state index contributed by atoms with van der Waals surface area (Å²) in [6, 6.07) is 10.5. The van der Waals surface area contributed by atoms with E-state index in [2.05, 4.69) is 10.0 Å². The van der Waals surface area contributed by atoms with Crippen LogP contribution in [0.25, 0.3) is 0 Å². The molecule has 0 unspecified atom stereocenters. The summed E-state index contributed by atoms with van der Waals surface area (Å²) in [5, 5.41) is 11.8. The Morgan fingerprint density at radius 2 is 2.00 bits per heavy atom. The standard InChI is InChI=1S/C17H19ClN2O5S/c1-25-16-7-6-14(26(23,24)19-8-3-9-21)11-15(16)20-17(22)12-4-2-5-13(18)10-12/h2,4-7,10-11,19,21H,3,8-9H2,1H3,(H,20,22). The van der Waals surface area contributed by atoms with Crippen molar-refractivity contribution in [3.05, 3.63) is 53.1 Å². The molecule has 0 aromatic heterocycles. The van der Waals surface area contributed by atoms with Crippen LogP contribution in [-0.2, 0) is 10.0 Å². The van der Waals surface area contributed by atoms with Gasteiger partial charge >= 0.3 is 0 Å². The number of aliphatic hydroxyl groups is 1. The van der Waals surface area contributed by atoms with Crippen molar-refractivity contribution in [2.45, 2.75) is 11.3 Å². The highest BCUT2D eigenvalue weighted by Crippen LogP contribution is 2.28. The minimum atomic E-state index is -3.78. The zero-order chi connectivity index (χ0) is 19.2. The molecule has 26 heavy (non-hydrogen) atoms. The van der Waals surface area contributed by atoms with Gasteiger partial charge in [0.1, 0.15) is 5.75 Å². The quantitative estimate of drug-likeness (QED) is 0.591. The zero-order valence-electron chi connectivity index (χ0n) is 14.0. The van der Waals surface area contributed by atoms with Gasteiger partial charge in [0, 0.05) is 23.7 Å². The summed E-state index contributed by atoms with van der Waals surface area (Å²) >= 11 is 5.89. The highest BCUT2D eigenvalue weighted by atomic mass is 35.5. The van der Waals surface area contributed by atoms with Gasteiger partial charge in [-0.05, 0) is 42.8 Å². The van der Waals surface area contributed by atoms with Gasteiger partial charge in [0.15, 0.2) is 0 Å². The first kappa shape index (κ1) is 20.2. The molecule has 2 aromatic carbocycles. The number of rotatable bonds is 8. The van der Waals surface area contributed by atoms with E-state index in [1.807, 2.05) is 0 Å². The third-order valence-electron chi connectivity index (χ3n) is 3.44. The van der Waals surface area contributed by atoms with Crippen LogP contribution in [0, 0.1) is 0 Å². The number of ether oxygens (including phenoxy) is 1. The third-order valence-corrected chi connectivity index (χ3v) is 5.14. The average molecular weight is 399 g/mol. The Morgan fingerprint density at radius 3 is 2.65 bits per heavy atom. The van der Waals surface area contributed by atoms with Gasteiger partial charge in [-0.15, -0.1) is 0 Å². The van der Waals surface area contributed by atoms with Crippen LogP contribution in [0.5, 0.6) is 5.75 Å². The van der Waals surface area contributed by atoms with Gasteiger partial charge in [0.25, 0.3) is 5.91 Å². The topological polar surface area (TPSA) is 105 Å². The number of halogens is 1. The number of nitrogens with one attached hydrogen (secondary N) is 2. The van der Waals surface area contributed by atoms with Crippen LogP contribution >= 0.6 is 11.6 Å². The second-order valence-corrected chi connectivity index (χ2v) is 7.50. The smallest absolute Gasteiger partial charge is 0.255 e. The predicted molar refractivity (Wildman–Crippen MR) is 99.3 cm³/mol. The van der Waals surface area contributed by atoms with Crippen LogP contribution in [0.2, 0.25) is 5.02 Å². The molecule has 0 atom stereocenters. The molecule has 9 heteroatoms. The number of carbonyl (C=O) groups excluding carboxylic acids is 1. The van der Waals surface area contributed by atoms with Crippen LogP contribution in [0.4, 0.5) is 5.69 Å². The Morgan fingerprint density at radius 1 is 1.23 bits per heavy atom. The van der Waals surface area contributed by atoms with Crippen molar-refractivity contribution >= 4 is 33.2 Å². The maximum absolute atomic E-state index is 12.4. The number of methoxy groups -OCH3 is 1. The fraction of sp³-hybridized carbons (Fsp3) is 0.235. The highest BCUT2D eigenvalue weighted by molar-refractivity contribution is 7.89. The SMILES string of the molecule is COc1ccc(S(=O)(=O)NCCCO)cc1NC(=O)c1cccc(Cl)c1. The van der Waals surface area contributed by atoms with Crippen molar-refractivity contribution in [2.24, 2.45) is 0 Å². The molecular formula is C17H19ClN2O5S. The number of amides is 1. The zero-order valence-corrected chi connectivity index (χ0v) is 15.6. The number of carbonyl (C=O) groups is 1. The molecule has 0 fully saturated rings. The molecule has 0 saturated heterocycles. The maximum atomic E-state index is 12.4. The van der Waals surface area contributed by atoms with Gasteiger partial charge in [-0.3, -0.25) is 4.79 Å². The average Bonchev–Trinajstić information content (AvgIpc) is 2.61.